The molecule has 0 saturated carbocycles. The summed E-state index contributed by atoms with van der Waals surface area (Å²) in [4.78, 5) is 11.7. The van der Waals surface area contributed by atoms with E-state index in [9.17, 15) is 4.79 Å². The van der Waals surface area contributed by atoms with Crippen molar-refractivity contribution < 1.29 is 19.0 Å². The van der Waals surface area contributed by atoms with E-state index >= 15 is 0 Å². The Morgan fingerprint density at radius 3 is 2.55 bits per heavy atom. The number of amides is 1. The molecule has 112 valence electrons. The zero-order valence-corrected chi connectivity index (χ0v) is 12.2. The summed E-state index contributed by atoms with van der Waals surface area (Å²) in [7, 11) is 4.78. The number of anilines is 1. The van der Waals surface area contributed by atoms with E-state index in [0.29, 0.717) is 23.8 Å². The van der Waals surface area contributed by atoms with E-state index in [1.54, 1.807) is 39.5 Å². The van der Waals surface area contributed by atoms with E-state index in [4.69, 9.17) is 14.2 Å². The van der Waals surface area contributed by atoms with Crippen LogP contribution in [0.5, 0.6) is 11.5 Å². The van der Waals surface area contributed by atoms with Gasteiger partial charge in [0.05, 0.1) is 20.8 Å². The number of nitrogens with one attached hydrogen (secondary N) is 2. The van der Waals surface area contributed by atoms with Crippen molar-refractivity contribution in [3.8, 4) is 11.5 Å². The molecule has 0 atom stereocenters. The molecule has 0 aliphatic carbocycles. The maximum absolute atomic E-state index is 11.7. The molecule has 0 bridgehead atoms. The van der Waals surface area contributed by atoms with Crippen LogP contribution in [0, 0.1) is 0 Å². The first-order valence-electron chi connectivity index (χ1n) is 6.42. The van der Waals surface area contributed by atoms with E-state index in [1.165, 1.54) is 0 Å². The van der Waals surface area contributed by atoms with Crippen LogP contribution in [0.15, 0.2) is 18.2 Å². The van der Waals surface area contributed by atoms with Gasteiger partial charge < -0.3 is 24.8 Å². The van der Waals surface area contributed by atoms with Gasteiger partial charge in [-0.05, 0) is 25.1 Å². The number of hydrogen-bond donors (Lipinski definition) is 2. The van der Waals surface area contributed by atoms with Gasteiger partial charge in [-0.1, -0.05) is 0 Å². The van der Waals surface area contributed by atoms with Crippen molar-refractivity contribution in [3.05, 3.63) is 18.2 Å². The highest BCUT2D eigenvalue weighted by Crippen LogP contribution is 2.29. The standard InChI is InChI=1S/C14H22N2O4/c1-18-8-4-7-15-10-14(17)16-11-5-6-12(19-2)13(9-11)20-3/h5-6,9,15H,4,7-8,10H2,1-3H3,(H,16,17). The third-order valence-corrected chi connectivity index (χ3v) is 2.65. The van der Waals surface area contributed by atoms with Crippen LogP contribution in [-0.4, -0.2) is 46.9 Å². The summed E-state index contributed by atoms with van der Waals surface area (Å²) in [6, 6.07) is 5.24. The lowest BCUT2D eigenvalue weighted by Crippen LogP contribution is -2.29. The Hall–Kier alpha value is -1.79. The minimum atomic E-state index is -0.102. The second-order valence-electron chi connectivity index (χ2n) is 4.14. The third kappa shape index (κ3) is 5.46. The van der Waals surface area contributed by atoms with Crippen LogP contribution in [0.4, 0.5) is 5.69 Å². The van der Waals surface area contributed by atoms with Crippen molar-refractivity contribution in [2.45, 2.75) is 6.42 Å². The van der Waals surface area contributed by atoms with Gasteiger partial charge in [-0.2, -0.15) is 0 Å². The van der Waals surface area contributed by atoms with Gasteiger partial charge in [-0.3, -0.25) is 4.79 Å². The molecule has 2 N–H and O–H groups in total. The minimum absolute atomic E-state index is 0.102. The molecule has 6 heteroatoms. The minimum Gasteiger partial charge on any atom is -0.493 e. The number of carbonyl (C=O) groups is 1. The average Bonchev–Trinajstić information content (AvgIpc) is 2.46. The molecule has 1 amide bonds. The highest BCUT2D eigenvalue weighted by atomic mass is 16.5. The summed E-state index contributed by atoms with van der Waals surface area (Å²) in [6.07, 6.45) is 0.875. The van der Waals surface area contributed by atoms with Crippen LogP contribution < -0.4 is 20.1 Å². The fourth-order valence-electron chi connectivity index (χ4n) is 1.66. The summed E-state index contributed by atoms with van der Waals surface area (Å²) in [5, 5.41) is 5.83. The van der Waals surface area contributed by atoms with Gasteiger partial charge in [0.1, 0.15) is 0 Å². The molecule has 0 aliphatic heterocycles. The third-order valence-electron chi connectivity index (χ3n) is 2.65. The smallest absolute Gasteiger partial charge is 0.238 e. The van der Waals surface area contributed by atoms with Crippen LogP contribution in [0.2, 0.25) is 0 Å². The number of ether oxygens (including phenoxy) is 3. The van der Waals surface area contributed by atoms with Crippen LogP contribution in [-0.2, 0) is 9.53 Å². The summed E-state index contributed by atoms with van der Waals surface area (Å²) in [5.41, 5.74) is 0.673. The fraction of sp³-hybridized carbons (Fsp3) is 0.500. The maximum Gasteiger partial charge on any atom is 0.238 e. The average molecular weight is 282 g/mol. The van der Waals surface area contributed by atoms with E-state index in [2.05, 4.69) is 10.6 Å². The molecule has 0 aliphatic rings. The Morgan fingerprint density at radius 2 is 1.90 bits per heavy atom. The molecule has 1 rings (SSSR count). The Labute approximate surface area is 119 Å². The van der Waals surface area contributed by atoms with E-state index in [0.717, 1.165) is 13.0 Å². The van der Waals surface area contributed by atoms with Crippen LogP contribution in [0.3, 0.4) is 0 Å². The molecule has 20 heavy (non-hydrogen) atoms. The number of hydrogen-bond acceptors (Lipinski definition) is 5. The van der Waals surface area contributed by atoms with E-state index in [-0.39, 0.29) is 12.5 Å². The molecule has 0 aromatic heterocycles. The summed E-state index contributed by atoms with van der Waals surface area (Å²) in [6.45, 7) is 1.69. The second-order valence-corrected chi connectivity index (χ2v) is 4.14. The van der Waals surface area contributed by atoms with Crippen molar-refractivity contribution in [2.75, 3.05) is 46.3 Å². The van der Waals surface area contributed by atoms with E-state index < -0.39 is 0 Å². The Kier molecular flexibility index (Phi) is 7.46. The SMILES string of the molecule is COCCCNCC(=O)Nc1ccc(OC)c(OC)c1. The zero-order valence-electron chi connectivity index (χ0n) is 12.2. The Bertz CT molecular complexity index is 424. The van der Waals surface area contributed by atoms with Crippen molar-refractivity contribution in [1.82, 2.24) is 5.32 Å². The number of methoxy groups -OCH3 is 3. The number of rotatable bonds is 9. The molecule has 0 heterocycles. The first-order chi connectivity index (χ1) is 9.71. The van der Waals surface area contributed by atoms with Crippen molar-refractivity contribution in [2.24, 2.45) is 0 Å². The molecule has 6 nitrogen and oxygen atoms in total. The fourth-order valence-corrected chi connectivity index (χ4v) is 1.66. The van der Waals surface area contributed by atoms with Crippen LogP contribution in [0.25, 0.3) is 0 Å². The van der Waals surface area contributed by atoms with Gasteiger partial charge >= 0.3 is 0 Å². The molecule has 0 spiro atoms. The summed E-state index contributed by atoms with van der Waals surface area (Å²) in [5.74, 6) is 1.11. The van der Waals surface area contributed by atoms with Crippen molar-refractivity contribution >= 4 is 11.6 Å². The maximum atomic E-state index is 11.7. The summed E-state index contributed by atoms with van der Waals surface area (Å²) < 4.78 is 15.2. The van der Waals surface area contributed by atoms with Gasteiger partial charge in [0.25, 0.3) is 0 Å². The van der Waals surface area contributed by atoms with Crippen molar-refractivity contribution in [1.29, 1.82) is 0 Å². The highest BCUT2D eigenvalue weighted by molar-refractivity contribution is 5.92. The largest absolute Gasteiger partial charge is 0.493 e. The Morgan fingerprint density at radius 1 is 1.15 bits per heavy atom. The van der Waals surface area contributed by atoms with Gasteiger partial charge in [-0.15, -0.1) is 0 Å². The molecular weight excluding hydrogens is 260 g/mol. The van der Waals surface area contributed by atoms with Gasteiger partial charge in [0.2, 0.25) is 5.91 Å². The first kappa shape index (κ1) is 16.3. The summed E-state index contributed by atoms with van der Waals surface area (Å²) >= 11 is 0. The van der Waals surface area contributed by atoms with Crippen LogP contribution >= 0.6 is 0 Å². The topological polar surface area (TPSA) is 68.8 Å². The predicted octanol–water partition coefficient (Wildman–Crippen LogP) is 1.27. The van der Waals surface area contributed by atoms with Crippen LogP contribution in [0.1, 0.15) is 6.42 Å². The molecule has 1 aromatic rings. The lowest BCUT2D eigenvalue weighted by molar-refractivity contribution is -0.115. The van der Waals surface area contributed by atoms with Gasteiger partial charge in [0, 0.05) is 25.5 Å². The zero-order chi connectivity index (χ0) is 14.8. The lowest BCUT2D eigenvalue weighted by Gasteiger charge is -2.11. The molecule has 0 fully saturated rings. The lowest BCUT2D eigenvalue weighted by atomic mass is 10.2. The molecule has 0 radical (unpaired) electrons. The highest BCUT2D eigenvalue weighted by Gasteiger charge is 2.07. The predicted molar refractivity (Wildman–Crippen MR) is 77.5 cm³/mol. The van der Waals surface area contributed by atoms with Crippen molar-refractivity contribution in [3.63, 3.8) is 0 Å². The number of benzene rings is 1. The number of carbonyl (C=O) groups excluding carboxylic acids is 1. The second kappa shape index (κ2) is 9.17. The molecule has 1 aromatic carbocycles. The molecular formula is C14H22N2O4. The molecule has 0 unspecified atom stereocenters. The van der Waals surface area contributed by atoms with Gasteiger partial charge in [-0.25, -0.2) is 0 Å². The van der Waals surface area contributed by atoms with Gasteiger partial charge in [0.15, 0.2) is 11.5 Å². The Balaban J connectivity index is 2.41. The van der Waals surface area contributed by atoms with E-state index in [1.807, 2.05) is 0 Å². The first-order valence-corrected chi connectivity index (χ1v) is 6.42. The normalized spacial score (nSPS) is 10.2. The molecule has 0 saturated heterocycles. The monoisotopic (exact) mass is 282 g/mol. The quantitative estimate of drug-likeness (QED) is 0.668.